The average molecular weight is 288 g/mol. The maximum absolute atomic E-state index is 6.08. The summed E-state index contributed by atoms with van der Waals surface area (Å²) in [5.74, 6) is 1.06. The summed E-state index contributed by atoms with van der Waals surface area (Å²) in [5, 5.41) is 3.62. The van der Waals surface area contributed by atoms with E-state index < -0.39 is 0 Å². The molecular formula is C17H24N2O2. The molecule has 2 unspecified atom stereocenters. The number of hydrogen-bond acceptors (Lipinski definition) is 4. The fourth-order valence-corrected chi connectivity index (χ4v) is 3.46. The summed E-state index contributed by atoms with van der Waals surface area (Å²) in [6, 6.07) is 7.74. The van der Waals surface area contributed by atoms with Crippen molar-refractivity contribution in [3.63, 3.8) is 0 Å². The number of likely N-dealkylation sites (N-methyl/N-ethyl adjacent to an activating group) is 1. The first kappa shape index (κ1) is 13.6. The normalized spacial score (nSPS) is 29.2. The molecule has 1 saturated carbocycles. The lowest BCUT2D eigenvalue weighted by Gasteiger charge is -2.39. The molecule has 1 N–H and O–H groups in total. The molecular weight excluding hydrogens is 264 g/mol. The van der Waals surface area contributed by atoms with Crippen LogP contribution >= 0.6 is 0 Å². The van der Waals surface area contributed by atoms with E-state index >= 15 is 0 Å². The second kappa shape index (κ2) is 5.59. The molecule has 2 atom stereocenters. The molecule has 4 rings (SSSR count). The third-order valence-corrected chi connectivity index (χ3v) is 4.84. The summed E-state index contributed by atoms with van der Waals surface area (Å²) >= 11 is 0. The van der Waals surface area contributed by atoms with E-state index in [4.69, 9.17) is 9.47 Å². The lowest BCUT2D eigenvalue weighted by molar-refractivity contribution is -0.0615. The average Bonchev–Trinajstić information content (AvgIpc) is 3.20. The first-order valence-corrected chi connectivity index (χ1v) is 8.12. The van der Waals surface area contributed by atoms with E-state index in [9.17, 15) is 0 Å². The number of rotatable bonds is 4. The Bertz CT molecular complexity index is 516. The Kier molecular flexibility index (Phi) is 3.61. The Balaban J connectivity index is 1.55. The highest BCUT2D eigenvalue weighted by Gasteiger charge is 2.33. The van der Waals surface area contributed by atoms with Crippen LogP contribution in [0.1, 0.15) is 30.0 Å². The maximum Gasteiger partial charge on any atom is 0.122 e. The van der Waals surface area contributed by atoms with Crippen LogP contribution in [0.15, 0.2) is 18.2 Å². The van der Waals surface area contributed by atoms with E-state index in [0.29, 0.717) is 6.04 Å². The van der Waals surface area contributed by atoms with Crippen molar-refractivity contribution in [1.29, 1.82) is 0 Å². The highest BCUT2D eigenvalue weighted by Crippen LogP contribution is 2.33. The van der Waals surface area contributed by atoms with E-state index in [0.717, 1.165) is 44.5 Å². The van der Waals surface area contributed by atoms with E-state index in [1.54, 1.807) is 0 Å². The Labute approximate surface area is 126 Å². The quantitative estimate of drug-likeness (QED) is 0.915. The van der Waals surface area contributed by atoms with Gasteiger partial charge >= 0.3 is 0 Å². The molecule has 0 bridgehead atoms. The predicted molar refractivity (Wildman–Crippen MR) is 81.8 cm³/mol. The number of morpholine rings is 1. The van der Waals surface area contributed by atoms with Crippen LogP contribution in [0, 0.1) is 0 Å². The van der Waals surface area contributed by atoms with Crippen LogP contribution in [-0.2, 0) is 11.2 Å². The van der Waals surface area contributed by atoms with Crippen LogP contribution in [0.4, 0.5) is 0 Å². The monoisotopic (exact) mass is 288 g/mol. The zero-order valence-corrected chi connectivity index (χ0v) is 12.7. The Morgan fingerprint density at radius 2 is 2.19 bits per heavy atom. The third kappa shape index (κ3) is 2.80. The summed E-state index contributed by atoms with van der Waals surface area (Å²) in [7, 11) is 2.21. The van der Waals surface area contributed by atoms with Gasteiger partial charge in [0.15, 0.2) is 0 Å². The zero-order valence-electron chi connectivity index (χ0n) is 12.7. The summed E-state index contributed by atoms with van der Waals surface area (Å²) in [6.45, 7) is 3.60. The molecule has 4 nitrogen and oxygen atoms in total. The van der Waals surface area contributed by atoms with Gasteiger partial charge in [0.05, 0.1) is 25.4 Å². The Morgan fingerprint density at radius 1 is 1.29 bits per heavy atom. The predicted octanol–water partition coefficient (Wildman–Crippen LogP) is 1.75. The standard InChI is InChI=1S/C17H24N2O2/c1-19-7-9-21-16(11-18-14-3-4-14)17(19)13-2-5-15-12(10-13)6-8-20-15/h2,5,10,14,16-18H,3-4,6-9,11H2,1H3. The number of nitrogens with one attached hydrogen (secondary N) is 1. The van der Waals surface area contributed by atoms with Crippen LogP contribution in [0.3, 0.4) is 0 Å². The Morgan fingerprint density at radius 3 is 3.05 bits per heavy atom. The topological polar surface area (TPSA) is 33.7 Å². The molecule has 1 aromatic carbocycles. The van der Waals surface area contributed by atoms with Crippen LogP contribution in [0.5, 0.6) is 5.75 Å². The van der Waals surface area contributed by atoms with E-state index in [2.05, 4.69) is 35.5 Å². The highest BCUT2D eigenvalue weighted by atomic mass is 16.5. The van der Waals surface area contributed by atoms with Gasteiger partial charge in [0.2, 0.25) is 0 Å². The van der Waals surface area contributed by atoms with Crippen molar-refractivity contribution in [2.45, 2.75) is 37.5 Å². The van der Waals surface area contributed by atoms with E-state index in [-0.39, 0.29) is 6.10 Å². The van der Waals surface area contributed by atoms with Gasteiger partial charge in [-0.1, -0.05) is 12.1 Å². The molecule has 1 aliphatic carbocycles. The van der Waals surface area contributed by atoms with Crippen molar-refractivity contribution in [2.24, 2.45) is 0 Å². The number of benzene rings is 1. The van der Waals surface area contributed by atoms with Gasteiger partial charge < -0.3 is 14.8 Å². The van der Waals surface area contributed by atoms with Gasteiger partial charge in [-0.3, -0.25) is 4.90 Å². The molecule has 3 aliphatic rings. The molecule has 0 aromatic heterocycles. The molecule has 0 radical (unpaired) electrons. The van der Waals surface area contributed by atoms with Crippen molar-refractivity contribution < 1.29 is 9.47 Å². The van der Waals surface area contributed by atoms with Crippen LogP contribution in [-0.4, -0.2) is 50.4 Å². The molecule has 0 amide bonds. The minimum Gasteiger partial charge on any atom is -0.493 e. The third-order valence-electron chi connectivity index (χ3n) is 4.84. The molecule has 2 fully saturated rings. The SMILES string of the molecule is CN1CCOC(CNC2CC2)C1c1ccc2c(c1)CCO2. The van der Waals surface area contributed by atoms with Crippen molar-refractivity contribution in [3.8, 4) is 5.75 Å². The van der Waals surface area contributed by atoms with Gasteiger partial charge in [-0.25, -0.2) is 0 Å². The van der Waals surface area contributed by atoms with Gasteiger partial charge in [0.25, 0.3) is 0 Å². The minimum atomic E-state index is 0.240. The molecule has 1 saturated heterocycles. The zero-order chi connectivity index (χ0) is 14.2. The van der Waals surface area contributed by atoms with Crippen molar-refractivity contribution in [3.05, 3.63) is 29.3 Å². The molecule has 0 spiro atoms. The lowest BCUT2D eigenvalue weighted by atomic mass is 9.96. The van der Waals surface area contributed by atoms with Crippen molar-refractivity contribution in [1.82, 2.24) is 10.2 Å². The molecule has 1 aromatic rings. The van der Waals surface area contributed by atoms with Crippen LogP contribution < -0.4 is 10.1 Å². The minimum absolute atomic E-state index is 0.240. The van der Waals surface area contributed by atoms with Gasteiger partial charge in [-0.2, -0.15) is 0 Å². The number of hydrogen-bond donors (Lipinski definition) is 1. The second-order valence-electron chi connectivity index (χ2n) is 6.48. The number of fused-ring (bicyclic) bond motifs is 1. The van der Waals surface area contributed by atoms with Crippen LogP contribution in [0.25, 0.3) is 0 Å². The molecule has 4 heteroatoms. The van der Waals surface area contributed by atoms with E-state index in [1.165, 1.54) is 24.0 Å². The van der Waals surface area contributed by atoms with Crippen molar-refractivity contribution in [2.75, 3.05) is 33.4 Å². The summed E-state index contributed by atoms with van der Waals surface area (Å²) in [5.41, 5.74) is 2.71. The smallest absolute Gasteiger partial charge is 0.122 e. The maximum atomic E-state index is 6.08. The first-order valence-electron chi connectivity index (χ1n) is 8.12. The molecule has 2 aliphatic heterocycles. The summed E-state index contributed by atoms with van der Waals surface area (Å²) in [4.78, 5) is 2.43. The largest absolute Gasteiger partial charge is 0.493 e. The van der Waals surface area contributed by atoms with Crippen LogP contribution in [0.2, 0.25) is 0 Å². The fraction of sp³-hybridized carbons (Fsp3) is 0.647. The first-order chi connectivity index (χ1) is 10.3. The summed E-state index contributed by atoms with van der Waals surface area (Å²) in [6.07, 6.45) is 3.92. The van der Waals surface area contributed by atoms with Gasteiger partial charge in [0, 0.05) is 25.6 Å². The molecule has 21 heavy (non-hydrogen) atoms. The van der Waals surface area contributed by atoms with Gasteiger partial charge in [-0.15, -0.1) is 0 Å². The highest BCUT2D eigenvalue weighted by molar-refractivity contribution is 5.41. The molecule has 2 heterocycles. The fourth-order valence-electron chi connectivity index (χ4n) is 3.46. The van der Waals surface area contributed by atoms with Gasteiger partial charge in [-0.05, 0) is 37.1 Å². The molecule has 114 valence electrons. The Hall–Kier alpha value is -1.10. The van der Waals surface area contributed by atoms with E-state index in [1.807, 2.05) is 0 Å². The van der Waals surface area contributed by atoms with Gasteiger partial charge in [0.1, 0.15) is 5.75 Å². The number of nitrogens with zero attached hydrogens (tertiary/aromatic N) is 1. The second-order valence-corrected chi connectivity index (χ2v) is 6.48. The number of ether oxygens (including phenoxy) is 2. The summed E-state index contributed by atoms with van der Waals surface area (Å²) < 4.78 is 11.7. The van der Waals surface area contributed by atoms with Crippen molar-refractivity contribution >= 4 is 0 Å². The lowest BCUT2D eigenvalue weighted by Crippen LogP contribution is -2.47.